The van der Waals surface area contributed by atoms with Crippen LogP contribution in [0.1, 0.15) is 24.1 Å². The molecule has 0 saturated heterocycles. The maximum atomic E-state index is 4.08. The van der Waals surface area contributed by atoms with Crippen LogP contribution in [0.3, 0.4) is 0 Å². The third-order valence-electron chi connectivity index (χ3n) is 3.37. The largest absolute Gasteiger partial charge is 0.365 e. The molecule has 3 rings (SSSR count). The first-order valence-corrected chi connectivity index (χ1v) is 6.23. The van der Waals surface area contributed by atoms with E-state index in [1.54, 1.807) is 6.33 Å². The molecular formula is C14H17N3. The molecule has 2 heterocycles. The Kier molecular flexibility index (Phi) is 2.82. The van der Waals surface area contributed by atoms with Gasteiger partial charge in [0.15, 0.2) is 0 Å². The predicted octanol–water partition coefficient (Wildman–Crippen LogP) is 2.75. The van der Waals surface area contributed by atoms with Crippen LogP contribution < -0.4 is 4.90 Å². The van der Waals surface area contributed by atoms with Crippen molar-refractivity contribution in [3.05, 3.63) is 48.0 Å². The number of aromatic nitrogens is 2. The monoisotopic (exact) mass is 227 g/mol. The van der Waals surface area contributed by atoms with Crippen molar-refractivity contribution in [1.29, 1.82) is 0 Å². The van der Waals surface area contributed by atoms with Gasteiger partial charge in [0.25, 0.3) is 0 Å². The fourth-order valence-corrected chi connectivity index (χ4v) is 2.51. The molecule has 17 heavy (non-hydrogen) atoms. The Morgan fingerprint density at radius 3 is 3.06 bits per heavy atom. The van der Waals surface area contributed by atoms with Crippen molar-refractivity contribution in [2.24, 2.45) is 0 Å². The van der Waals surface area contributed by atoms with Gasteiger partial charge in [-0.05, 0) is 30.9 Å². The summed E-state index contributed by atoms with van der Waals surface area (Å²) < 4.78 is 0. The summed E-state index contributed by atoms with van der Waals surface area (Å²) in [5.41, 5.74) is 4.05. The predicted molar refractivity (Wildman–Crippen MR) is 69.0 cm³/mol. The molecule has 1 aliphatic rings. The molecule has 0 unspecified atom stereocenters. The molecule has 2 aromatic rings. The average Bonchev–Trinajstić information content (AvgIpc) is 2.78. The summed E-state index contributed by atoms with van der Waals surface area (Å²) in [4.78, 5) is 9.72. The number of H-pyrrole nitrogens is 1. The van der Waals surface area contributed by atoms with E-state index in [0.29, 0.717) is 0 Å². The number of aromatic amines is 1. The lowest BCUT2D eigenvalue weighted by atomic mass is 10.1. The van der Waals surface area contributed by atoms with Crippen LogP contribution in [-0.4, -0.2) is 16.5 Å². The second-order valence-corrected chi connectivity index (χ2v) is 4.58. The molecule has 0 fully saturated rings. The Morgan fingerprint density at radius 2 is 2.18 bits per heavy atom. The highest BCUT2D eigenvalue weighted by molar-refractivity contribution is 5.54. The summed E-state index contributed by atoms with van der Waals surface area (Å²) in [6, 6.07) is 8.75. The lowest BCUT2D eigenvalue weighted by Gasteiger charge is -2.24. The number of nitrogens with one attached hydrogen (secondary N) is 1. The van der Waals surface area contributed by atoms with E-state index in [-0.39, 0.29) is 0 Å². The molecule has 1 N–H and O–H groups in total. The molecule has 88 valence electrons. The summed E-state index contributed by atoms with van der Waals surface area (Å²) in [7, 11) is 0. The Morgan fingerprint density at radius 1 is 1.24 bits per heavy atom. The number of hydrogen-bond donors (Lipinski definition) is 1. The van der Waals surface area contributed by atoms with E-state index < -0.39 is 0 Å². The number of benzene rings is 1. The van der Waals surface area contributed by atoms with Crippen LogP contribution in [0.15, 0.2) is 36.8 Å². The van der Waals surface area contributed by atoms with E-state index in [9.17, 15) is 0 Å². The topological polar surface area (TPSA) is 31.9 Å². The van der Waals surface area contributed by atoms with E-state index in [1.165, 1.54) is 36.2 Å². The fraction of sp³-hybridized carbons (Fsp3) is 0.357. The van der Waals surface area contributed by atoms with Gasteiger partial charge < -0.3 is 9.88 Å². The minimum Gasteiger partial charge on any atom is -0.365 e. The van der Waals surface area contributed by atoms with Gasteiger partial charge in [-0.2, -0.15) is 0 Å². The molecule has 0 radical (unpaired) electrons. The zero-order valence-electron chi connectivity index (χ0n) is 9.89. The summed E-state index contributed by atoms with van der Waals surface area (Å²) in [5.74, 6) is 0. The average molecular weight is 227 g/mol. The number of fused-ring (bicyclic) bond motifs is 1. The van der Waals surface area contributed by atoms with Crippen LogP contribution in [0.25, 0.3) is 0 Å². The number of aryl methyl sites for hydroxylation is 1. The Balaban J connectivity index is 1.89. The quantitative estimate of drug-likeness (QED) is 0.855. The lowest BCUT2D eigenvalue weighted by Crippen LogP contribution is -2.23. The van der Waals surface area contributed by atoms with Gasteiger partial charge in [-0.3, -0.25) is 0 Å². The molecule has 0 amide bonds. The molecule has 0 bridgehead atoms. The summed E-state index contributed by atoms with van der Waals surface area (Å²) >= 11 is 0. The van der Waals surface area contributed by atoms with E-state index in [2.05, 4.69) is 39.1 Å². The first kappa shape index (κ1) is 10.4. The van der Waals surface area contributed by atoms with E-state index >= 15 is 0 Å². The summed E-state index contributed by atoms with van der Waals surface area (Å²) in [6.07, 6.45) is 7.42. The molecular weight excluding hydrogens is 210 g/mol. The number of rotatable bonds is 2. The van der Waals surface area contributed by atoms with Gasteiger partial charge in [-0.25, -0.2) is 4.98 Å². The highest BCUT2D eigenvalue weighted by Gasteiger charge is 2.15. The number of imidazole rings is 1. The van der Waals surface area contributed by atoms with Crippen molar-refractivity contribution < 1.29 is 0 Å². The smallest absolute Gasteiger partial charge is 0.0922 e. The summed E-state index contributed by atoms with van der Waals surface area (Å²) in [6.45, 7) is 2.06. The van der Waals surface area contributed by atoms with Gasteiger partial charge >= 0.3 is 0 Å². The van der Waals surface area contributed by atoms with Gasteiger partial charge in [0.05, 0.1) is 18.6 Å². The minimum absolute atomic E-state index is 0.928. The van der Waals surface area contributed by atoms with Crippen molar-refractivity contribution in [3.63, 3.8) is 0 Å². The van der Waals surface area contributed by atoms with E-state index in [4.69, 9.17) is 0 Å². The normalized spacial score (nSPS) is 15.4. The molecule has 1 aliphatic heterocycles. The molecule has 0 saturated carbocycles. The minimum atomic E-state index is 0.928. The maximum Gasteiger partial charge on any atom is 0.0922 e. The molecule has 0 atom stereocenters. The SMILES string of the molecule is c1ccc2c(c1)CCCCN2Cc1cnc[nH]1. The Bertz CT molecular complexity index is 476. The zero-order valence-corrected chi connectivity index (χ0v) is 9.89. The van der Waals surface area contributed by atoms with Crippen LogP contribution in [0.4, 0.5) is 5.69 Å². The van der Waals surface area contributed by atoms with Crippen LogP contribution in [0.2, 0.25) is 0 Å². The van der Waals surface area contributed by atoms with Gasteiger partial charge in [0, 0.05) is 18.4 Å². The molecule has 0 spiro atoms. The standard InChI is InChI=1S/C14H17N3/c1-2-7-14-12(5-1)6-3-4-8-17(14)10-13-9-15-11-16-13/h1-2,5,7,9,11H,3-4,6,8,10H2,(H,15,16). The molecule has 1 aromatic heterocycles. The van der Waals surface area contributed by atoms with Gasteiger partial charge in [0.1, 0.15) is 0 Å². The Hall–Kier alpha value is -1.77. The maximum absolute atomic E-state index is 4.08. The summed E-state index contributed by atoms with van der Waals surface area (Å²) in [5, 5.41) is 0. The van der Waals surface area contributed by atoms with Gasteiger partial charge in [0.2, 0.25) is 0 Å². The second kappa shape index (κ2) is 4.62. The highest BCUT2D eigenvalue weighted by atomic mass is 15.1. The van der Waals surface area contributed by atoms with Gasteiger partial charge in [-0.15, -0.1) is 0 Å². The fourth-order valence-electron chi connectivity index (χ4n) is 2.51. The highest BCUT2D eigenvalue weighted by Crippen LogP contribution is 2.26. The molecule has 3 heteroatoms. The van der Waals surface area contributed by atoms with Crippen molar-refractivity contribution in [3.8, 4) is 0 Å². The number of para-hydroxylation sites is 1. The molecule has 0 aliphatic carbocycles. The van der Waals surface area contributed by atoms with Crippen molar-refractivity contribution >= 4 is 5.69 Å². The van der Waals surface area contributed by atoms with Crippen LogP contribution in [0, 0.1) is 0 Å². The van der Waals surface area contributed by atoms with Gasteiger partial charge in [-0.1, -0.05) is 18.2 Å². The zero-order chi connectivity index (χ0) is 11.5. The van der Waals surface area contributed by atoms with E-state index in [0.717, 1.165) is 13.1 Å². The Labute approximate surface area is 101 Å². The first-order chi connectivity index (χ1) is 8.43. The number of anilines is 1. The lowest BCUT2D eigenvalue weighted by molar-refractivity contribution is 0.709. The third kappa shape index (κ3) is 2.18. The van der Waals surface area contributed by atoms with Crippen molar-refractivity contribution in [2.45, 2.75) is 25.8 Å². The van der Waals surface area contributed by atoms with Crippen LogP contribution in [0.5, 0.6) is 0 Å². The van der Waals surface area contributed by atoms with E-state index in [1.807, 2.05) is 6.20 Å². The molecule has 1 aromatic carbocycles. The third-order valence-corrected chi connectivity index (χ3v) is 3.37. The number of nitrogens with zero attached hydrogens (tertiary/aromatic N) is 2. The van der Waals surface area contributed by atoms with Crippen LogP contribution >= 0.6 is 0 Å². The molecule has 3 nitrogen and oxygen atoms in total. The number of hydrogen-bond acceptors (Lipinski definition) is 2. The van der Waals surface area contributed by atoms with Crippen LogP contribution in [-0.2, 0) is 13.0 Å². The van der Waals surface area contributed by atoms with Crippen molar-refractivity contribution in [2.75, 3.05) is 11.4 Å². The van der Waals surface area contributed by atoms with Crippen molar-refractivity contribution in [1.82, 2.24) is 9.97 Å². The second-order valence-electron chi connectivity index (χ2n) is 4.58. The first-order valence-electron chi connectivity index (χ1n) is 6.23.